The molecule has 0 bridgehead atoms. The Kier molecular flexibility index (Phi) is 5.31. The molecule has 0 amide bonds. The van der Waals surface area contributed by atoms with Gasteiger partial charge in [0, 0.05) is 12.3 Å². The Bertz CT molecular complexity index is 977. The number of ether oxygens (including phenoxy) is 2. The first-order valence-electron chi connectivity index (χ1n) is 8.36. The summed E-state index contributed by atoms with van der Waals surface area (Å²) in [5.74, 6) is 0.312. The van der Waals surface area contributed by atoms with Crippen molar-refractivity contribution >= 4 is 11.6 Å². The number of aryl methyl sites for hydroxylation is 2. The Morgan fingerprint density at radius 3 is 2.69 bits per heavy atom. The molecule has 0 aliphatic rings. The molecule has 2 heterocycles. The molecule has 134 valence electrons. The molecule has 6 heteroatoms. The summed E-state index contributed by atoms with van der Waals surface area (Å²) in [6.07, 6.45) is 1.79. The fraction of sp³-hybridized carbons (Fsp3) is 0.250. The molecule has 0 saturated heterocycles. The summed E-state index contributed by atoms with van der Waals surface area (Å²) < 4.78 is 12.2. The van der Waals surface area contributed by atoms with Crippen molar-refractivity contribution in [3.05, 3.63) is 75.8 Å². The summed E-state index contributed by atoms with van der Waals surface area (Å²) >= 11 is 0. The van der Waals surface area contributed by atoms with Crippen LogP contribution in [0.5, 0.6) is 5.75 Å². The van der Waals surface area contributed by atoms with Crippen molar-refractivity contribution < 1.29 is 14.3 Å². The van der Waals surface area contributed by atoms with Gasteiger partial charge in [-0.1, -0.05) is 23.8 Å². The van der Waals surface area contributed by atoms with E-state index in [2.05, 4.69) is 4.98 Å². The monoisotopic (exact) mass is 352 g/mol. The van der Waals surface area contributed by atoms with Crippen LogP contribution >= 0.6 is 0 Å². The van der Waals surface area contributed by atoms with E-state index in [1.165, 1.54) is 10.5 Å². The molecule has 0 unspecified atom stereocenters. The van der Waals surface area contributed by atoms with E-state index in [1.807, 2.05) is 44.2 Å². The van der Waals surface area contributed by atoms with Gasteiger partial charge < -0.3 is 9.47 Å². The number of pyridine rings is 1. The topological polar surface area (TPSA) is 69.9 Å². The summed E-state index contributed by atoms with van der Waals surface area (Å²) in [6, 6.07) is 12.6. The van der Waals surface area contributed by atoms with Gasteiger partial charge in [-0.05, 0) is 37.6 Å². The Morgan fingerprint density at radius 1 is 1.15 bits per heavy atom. The molecule has 3 rings (SSSR count). The van der Waals surface area contributed by atoms with Gasteiger partial charge in [0.1, 0.15) is 18.0 Å². The van der Waals surface area contributed by atoms with Crippen LogP contribution in [0.25, 0.3) is 5.65 Å². The van der Waals surface area contributed by atoms with Gasteiger partial charge in [0.15, 0.2) is 0 Å². The average molecular weight is 352 g/mol. The number of fused-ring (bicyclic) bond motifs is 1. The lowest BCUT2D eigenvalue weighted by molar-refractivity contribution is -0.145. The lowest BCUT2D eigenvalue weighted by Crippen LogP contribution is -2.17. The van der Waals surface area contributed by atoms with Crippen LogP contribution in [0.2, 0.25) is 0 Å². The molecule has 1 aromatic carbocycles. The van der Waals surface area contributed by atoms with Crippen LogP contribution in [0.15, 0.2) is 53.5 Å². The number of hydrogen-bond acceptors (Lipinski definition) is 5. The largest absolute Gasteiger partial charge is 0.493 e. The Balaban J connectivity index is 1.54. The quantitative estimate of drug-likeness (QED) is 0.638. The van der Waals surface area contributed by atoms with E-state index in [1.54, 1.807) is 12.3 Å². The van der Waals surface area contributed by atoms with Crippen molar-refractivity contribution in [1.82, 2.24) is 9.38 Å². The van der Waals surface area contributed by atoms with Gasteiger partial charge in [-0.3, -0.25) is 14.0 Å². The maximum atomic E-state index is 12.1. The molecular formula is C20H20N2O4. The minimum atomic E-state index is -0.399. The van der Waals surface area contributed by atoms with Crippen LogP contribution < -0.4 is 10.3 Å². The lowest BCUT2D eigenvalue weighted by Gasteiger charge is -2.08. The summed E-state index contributed by atoms with van der Waals surface area (Å²) in [4.78, 5) is 28.4. The lowest BCUT2D eigenvalue weighted by atomic mass is 10.2. The Morgan fingerprint density at radius 2 is 1.92 bits per heavy atom. The zero-order valence-corrected chi connectivity index (χ0v) is 14.8. The SMILES string of the molecule is Cc1ccc(OCCC(=O)OCc2cc(=O)n3cccc(C)c3n2)cc1. The first-order valence-corrected chi connectivity index (χ1v) is 8.36. The van der Waals surface area contributed by atoms with E-state index in [9.17, 15) is 9.59 Å². The number of rotatable bonds is 6. The Labute approximate surface area is 151 Å². The van der Waals surface area contributed by atoms with Gasteiger partial charge in [0.25, 0.3) is 5.56 Å². The number of benzene rings is 1. The predicted octanol–water partition coefficient (Wildman–Crippen LogP) is 2.82. The second-order valence-electron chi connectivity index (χ2n) is 6.04. The number of carbonyl (C=O) groups excluding carboxylic acids is 1. The molecule has 0 fully saturated rings. The van der Waals surface area contributed by atoms with Crippen molar-refractivity contribution in [3.63, 3.8) is 0 Å². The molecule has 0 spiro atoms. The maximum absolute atomic E-state index is 12.1. The molecule has 0 aliphatic heterocycles. The van der Waals surface area contributed by atoms with E-state index in [-0.39, 0.29) is 25.2 Å². The minimum Gasteiger partial charge on any atom is -0.493 e. The zero-order chi connectivity index (χ0) is 18.5. The summed E-state index contributed by atoms with van der Waals surface area (Å²) in [5.41, 5.74) is 2.81. The fourth-order valence-corrected chi connectivity index (χ4v) is 2.50. The van der Waals surface area contributed by atoms with Gasteiger partial charge >= 0.3 is 5.97 Å². The third-order valence-electron chi connectivity index (χ3n) is 3.92. The highest BCUT2D eigenvalue weighted by Crippen LogP contribution is 2.12. The molecule has 0 radical (unpaired) electrons. The highest BCUT2D eigenvalue weighted by atomic mass is 16.5. The van der Waals surface area contributed by atoms with Gasteiger partial charge in [0.05, 0.1) is 18.7 Å². The smallest absolute Gasteiger partial charge is 0.309 e. The summed E-state index contributed by atoms with van der Waals surface area (Å²) in [5, 5.41) is 0. The second-order valence-corrected chi connectivity index (χ2v) is 6.04. The highest BCUT2D eigenvalue weighted by molar-refractivity contribution is 5.69. The number of aromatic nitrogens is 2. The van der Waals surface area contributed by atoms with E-state index >= 15 is 0 Å². The van der Waals surface area contributed by atoms with Crippen LogP contribution in [0, 0.1) is 13.8 Å². The van der Waals surface area contributed by atoms with Gasteiger partial charge in [0.2, 0.25) is 0 Å². The summed E-state index contributed by atoms with van der Waals surface area (Å²) in [6.45, 7) is 4.06. The van der Waals surface area contributed by atoms with Crippen LogP contribution in [0.4, 0.5) is 0 Å². The van der Waals surface area contributed by atoms with Crippen LogP contribution in [-0.4, -0.2) is 22.0 Å². The normalized spacial score (nSPS) is 10.7. The molecule has 0 atom stereocenters. The van der Waals surface area contributed by atoms with Crippen molar-refractivity contribution in [2.24, 2.45) is 0 Å². The highest BCUT2D eigenvalue weighted by Gasteiger charge is 2.08. The van der Waals surface area contributed by atoms with E-state index in [0.717, 1.165) is 11.1 Å². The first kappa shape index (κ1) is 17.7. The maximum Gasteiger partial charge on any atom is 0.309 e. The molecule has 3 aromatic rings. The molecule has 0 N–H and O–H groups in total. The first-order chi connectivity index (χ1) is 12.5. The van der Waals surface area contributed by atoms with Crippen molar-refractivity contribution in [1.29, 1.82) is 0 Å². The number of carbonyl (C=O) groups is 1. The number of nitrogens with zero attached hydrogens (tertiary/aromatic N) is 2. The molecule has 0 aliphatic carbocycles. The molecular weight excluding hydrogens is 332 g/mol. The molecule has 6 nitrogen and oxygen atoms in total. The third-order valence-corrected chi connectivity index (χ3v) is 3.92. The summed E-state index contributed by atoms with van der Waals surface area (Å²) in [7, 11) is 0. The zero-order valence-electron chi connectivity index (χ0n) is 14.8. The van der Waals surface area contributed by atoms with Gasteiger partial charge in [-0.2, -0.15) is 0 Å². The van der Waals surface area contributed by atoms with Crippen LogP contribution in [0.3, 0.4) is 0 Å². The van der Waals surface area contributed by atoms with E-state index in [4.69, 9.17) is 9.47 Å². The fourth-order valence-electron chi connectivity index (χ4n) is 2.50. The van der Waals surface area contributed by atoms with Crippen molar-refractivity contribution in [2.75, 3.05) is 6.61 Å². The second kappa shape index (κ2) is 7.82. The molecule has 2 aromatic heterocycles. The standard InChI is InChI=1S/C20H20N2O4/c1-14-5-7-17(8-6-14)25-11-9-19(24)26-13-16-12-18(23)22-10-3-4-15(2)20(22)21-16/h3-8,10,12H,9,11,13H2,1-2H3. The van der Waals surface area contributed by atoms with Crippen molar-refractivity contribution in [2.45, 2.75) is 26.9 Å². The number of hydrogen-bond donors (Lipinski definition) is 0. The predicted molar refractivity (Wildman–Crippen MR) is 97.3 cm³/mol. The number of esters is 1. The average Bonchev–Trinajstić information content (AvgIpc) is 2.63. The van der Waals surface area contributed by atoms with E-state index < -0.39 is 5.97 Å². The minimum absolute atomic E-state index is 0.0383. The Hall–Kier alpha value is -3.15. The van der Waals surface area contributed by atoms with E-state index in [0.29, 0.717) is 17.1 Å². The van der Waals surface area contributed by atoms with Crippen LogP contribution in [-0.2, 0) is 16.1 Å². The molecule has 26 heavy (non-hydrogen) atoms. The van der Waals surface area contributed by atoms with Gasteiger partial charge in [-0.25, -0.2) is 4.98 Å². The third kappa shape index (κ3) is 4.27. The molecule has 0 saturated carbocycles. The van der Waals surface area contributed by atoms with Crippen LogP contribution in [0.1, 0.15) is 23.2 Å². The van der Waals surface area contributed by atoms with Crippen molar-refractivity contribution in [3.8, 4) is 5.75 Å². The van der Waals surface area contributed by atoms with Gasteiger partial charge in [-0.15, -0.1) is 0 Å².